The van der Waals surface area contributed by atoms with Gasteiger partial charge < -0.3 is 19.7 Å². The zero-order valence-electron chi connectivity index (χ0n) is 15.8. The van der Waals surface area contributed by atoms with Crippen molar-refractivity contribution in [2.75, 3.05) is 6.61 Å². The molecule has 1 aliphatic carbocycles. The lowest BCUT2D eigenvalue weighted by Crippen LogP contribution is -2.41. The molecule has 27 heavy (non-hydrogen) atoms. The number of carbonyl (C=O) groups is 1. The zero-order chi connectivity index (χ0) is 19.0. The molecular weight excluding hydrogens is 344 g/mol. The normalized spacial score (nSPS) is 22.1. The van der Waals surface area contributed by atoms with Crippen molar-refractivity contribution in [1.29, 1.82) is 0 Å². The van der Waals surface area contributed by atoms with Crippen LogP contribution in [0.15, 0.2) is 28.8 Å². The van der Waals surface area contributed by atoms with Crippen molar-refractivity contribution in [2.24, 2.45) is 11.8 Å². The largest absolute Gasteiger partial charge is 0.493 e. The number of nitrogens with one attached hydrogen (secondary N) is 1. The van der Waals surface area contributed by atoms with Crippen molar-refractivity contribution < 1.29 is 19.2 Å². The molecule has 2 aromatic rings. The van der Waals surface area contributed by atoms with Gasteiger partial charge in [-0.05, 0) is 54.4 Å². The number of carbonyl (C=O) groups excluding carboxylic acids is 1. The fourth-order valence-electron chi connectivity index (χ4n) is 3.92. The van der Waals surface area contributed by atoms with E-state index >= 15 is 0 Å². The maximum Gasteiger partial charge on any atom is 0.290 e. The lowest BCUT2D eigenvalue weighted by atomic mass is 9.75. The summed E-state index contributed by atoms with van der Waals surface area (Å²) in [5.74, 6) is 1.55. The Hall–Kier alpha value is -2.34. The van der Waals surface area contributed by atoms with Crippen LogP contribution in [0.1, 0.15) is 60.1 Å². The van der Waals surface area contributed by atoms with Gasteiger partial charge in [0.2, 0.25) is 5.76 Å². The fourth-order valence-corrected chi connectivity index (χ4v) is 3.92. The summed E-state index contributed by atoms with van der Waals surface area (Å²) in [6, 6.07) is 7.65. The molecule has 1 aliphatic heterocycles. The summed E-state index contributed by atoms with van der Waals surface area (Å²) in [7, 11) is 0. The maximum atomic E-state index is 12.8. The first-order valence-electron chi connectivity index (χ1n) is 9.69. The molecule has 4 rings (SSSR count). The van der Waals surface area contributed by atoms with E-state index in [4.69, 9.17) is 9.26 Å². The van der Waals surface area contributed by atoms with Crippen LogP contribution in [0.25, 0.3) is 0 Å². The Morgan fingerprint density at radius 2 is 2.15 bits per heavy atom. The van der Waals surface area contributed by atoms with Gasteiger partial charge in [0.25, 0.3) is 5.91 Å². The Labute approximate surface area is 158 Å². The molecule has 1 saturated carbocycles. The summed E-state index contributed by atoms with van der Waals surface area (Å²) in [6.07, 6.45) is 2.76. The van der Waals surface area contributed by atoms with Gasteiger partial charge in [-0.3, -0.25) is 4.79 Å². The number of aliphatic hydroxyl groups excluding tert-OH is 1. The van der Waals surface area contributed by atoms with Crippen molar-refractivity contribution >= 4 is 5.91 Å². The number of nitrogens with zero attached hydrogens (tertiary/aromatic N) is 1. The molecule has 144 valence electrons. The van der Waals surface area contributed by atoms with Gasteiger partial charge in [-0.25, -0.2) is 0 Å². The monoisotopic (exact) mass is 370 g/mol. The number of benzene rings is 1. The molecule has 1 aromatic carbocycles. The number of rotatable bonds is 6. The molecule has 6 nitrogen and oxygen atoms in total. The lowest BCUT2D eigenvalue weighted by Gasteiger charge is -2.38. The Kier molecular flexibility index (Phi) is 4.91. The molecule has 6 heteroatoms. The highest BCUT2D eigenvalue weighted by atomic mass is 16.5. The Balaban J connectivity index is 1.53. The molecule has 2 N–H and O–H groups in total. The highest BCUT2D eigenvalue weighted by molar-refractivity contribution is 5.91. The molecule has 1 atom stereocenters. The van der Waals surface area contributed by atoms with Crippen molar-refractivity contribution in [3.05, 3.63) is 46.8 Å². The SMILES string of the molecule is CC(C)Cc1cc(C(=O)N[C@H](c2ccc3c(c2)CCO3)C2CC(O)C2)on1. The number of amides is 1. The van der Waals surface area contributed by atoms with E-state index in [-0.39, 0.29) is 29.7 Å². The van der Waals surface area contributed by atoms with Crippen LogP contribution in [-0.2, 0) is 12.8 Å². The number of hydrogen-bond acceptors (Lipinski definition) is 5. The number of hydrogen-bond donors (Lipinski definition) is 2. The summed E-state index contributed by atoms with van der Waals surface area (Å²) in [6.45, 7) is 4.91. The van der Waals surface area contributed by atoms with E-state index in [1.807, 2.05) is 12.1 Å². The van der Waals surface area contributed by atoms with Gasteiger partial charge >= 0.3 is 0 Å². The standard InChI is InChI=1S/C21H26N2O4/c1-12(2)7-16-11-19(27-23-16)21(25)22-20(15-9-17(24)10-15)14-3-4-18-13(8-14)5-6-26-18/h3-4,8,11-12,15,17,20,24H,5-7,9-10H2,1-2H3,(H,22,25)/t15?,17?,20-/m1/s1. The van der Waals surface area contributed by atoms with Gasteiger partial charge in [0.05, 0.1) is 24.4 Å². The third-order valence-corrected chi connectivity index (χ3v) is 5.38. The number of aliphatic hydroxyl groups is 1. The molecular formula is C21H26N2O4. The highest BCUT2D eigenvalue weighted by Gasteiger charge is 2.36. The number of ether oxygens (including phenoxy) is 1. The van der Waals surface area contributed by atoms with Crippen molar-refractivity contribution in [3.8, 4) is 5.75 Å². The topological polar surface area (TPSA) is 84.6 Å². The summed E-state index contributed by atoms with van der Waals surface area (Å²) in [5.41, 5.74) is 3.01. The van der Waals surface area contributed by atoms with Gasteiger partial charge in [0, 0.05) is 12.5 Å². The van der Waals surface area contributed by atoms with Crippen LogP contribution in [0.4, 0.5) is 0 Å². The van der Waals surface area contributed by atoms with E-state index in [9.17, 15) is 9.90 Å². The highest BCUT2D eigenvalue weighted by Crippen LogP contribution is 2.40. The molecule has 0 spiro atoms. The van der Waals surface area contributed by atoms with Crippen LogP contribution in [0.5, 0.6) is 5.75 Å². The van der Waals surface area contributed by atoms with Gasteiger partial charge in [0.15, 0.2) is 0 Å². The molecule has 0 saturated heterocycles. The van der Waals surface area contributed by atoms with E-state index in [1.165, 1.54) is 5.56 Å². The maximum absolute atomic E-state index is 12.8. The third kappa shape index (κ3) is 3.86. The average molecular weight is 370 g/mol. The van der Waals surface area contributed by atoms with E-state index < -0.39 is 0 Å². The summed E-state index contributed by atoms with van der Waals surface area (Å²) >= 11 is 0. The first-order chi connectivity index (χ1) is 13.0. The predicted octanol–water partition coefficient (Wildman–Crippen LogP) is 3.05. The first-order valence-corrected chi connectivity index (χ1v) is 9.69. The second kappa shape index (κ2) is 7.35. The van der Waals surface area contributed by atoms with Gasteiger partial charge in [0.1, 0.15) is 5.75 Å². The van der Waals surface area contributed by atoms with E-state index in [0.717, 1.165) is 29.8 Å². The Morgan fingerprint density at radius 3 is 2.89 bits per heavy atom. The Morgan fingerprint density at radius 1 is 1.33 bits per heavy atom. The minimum Gasteiger partial charge on any atom is -0.493 e. The summed E-state index contributed by atoms with van der Waals surface area (Å²) in [4.78, 5) is 12.8. The quantitative estimate of drug-likeness (QED) is 0.816. The van der Waals surface area contributed by atoms with Crippen LogP contribution < -0.4 is 10.1 Å². The van der Waals surface area contributed by atoms with Crippen molar-refractivity contribution in [1.82, 2.24) is 10.5 Å². The third-order valence-electron chi connectivity index (χ3n) is 5.38. The van der Waals surface area contributed by atoms with Crippen LogP contribution in [0.3, 0.4) is 0 Å². The second-order valence-electron chi connectivity index (χ2n) is 8.08. The second-order valence-corrected chi connectivity index (χ2v) is 8.08. The minimum absolute atomic E-state index is 0.162. The van der Waals surface area contributed by atoms with Crippen molar-refractivity contribution in [2.45, 2.75) is 51.7 Å². The van der Waals surface area contributed by atoms with Crippen LogP contribution in [-0.4, -0.2) is 28.9 Å². The molecule has 0 radical (unpaired) electrons. The molecule has 1 amide bonds. The number of fused-ring (bicyclic) bond motifs is 1. The lowest BCUT2D eigenvalue weighted by molar-refractivity contribution is 0.0231. The minimum atomic E-state index is -0.282. The van der Waals surface area contributed by atoms with Gasteiger partial charge in [-0.15, -0.1) is 0 Å². The van der Waals surface area contributed by atoms with E-state index in [0.29, 0.717) is 25.4 Å². The molecule has 1 fully saturated rings. The van der Waals surface area contributed by atoms with Gasteiger partial charge in [-0.1, -0.05) is 25.1 Å². The zero-order valence-corrected chi connectivity index (χ0v) is 15.8. The molecule has 2 aliphatic rings. The van der Waals surface area contributed by atoms with Crippen LogP contribution in [0, 0.1) is 11.8 Å². The van der Waals surface area contributed by atoms with Crippen molar-refractivity contribution in [3.63, 3.8) is 0 Å². The van der Waals surface area contributed by atoms with Crippen LogP contribution in [0.2, 0.25) is 0 Å². The number of aromatic nitrogens is 1. The summed E-state index contributed by atoms with van der Waals surface area (Å²) < 4.78 is 10.8. The first kappa shape index (κ1) is 18.0. The predicted molar refractivity (Wildman–Crippen MR) is 99.6 cm³/mol. The average Bonchev–Trinajstić information content (AvgIpc) is 3.25. The van der Waals surface area contributed by atoms with Crippen LogP contribution >= 0.6 is 0 Å². The van der Waals surface area contributed by atoms with Gasteiger partial charge in [-0.2, -0.15) is 0 Å². The van der Waals surface area contributed by atoms with E-state index in [1.54, 1.807) is 6.07 Å². The Bertz CT molecular complexity index is 823. The smallest absolute Gasteiger partial charge is 0.290 e. The van der Waals surface area contributed by atoms with E-state index in [2.05, 4.69) is 30.4 Å². The molecule has 2 heterocycles. The fraction of sp³-hybridized carbons (Fsp3) is 0.524. The molecule has 1 aromatic heterocycles. The molecule has 0 bridgehead atoms. The molecule has 0 unspecified atom stereocenters. The summed E-state index contributed by atoms with van der Waals surface area (Å²) in [5, 5.41) is 16.9.